The van der Waals surface area contributed by atoms with Crippen molar-refractivity contribution in [1.29, 1.82) is 0 Å². The first-order valence-corrected chi connectivity index (χ1v) is 10.4. The fraction of sp³-hybridized carbons (Fsp3) is 0.333. The molecule has 32 heavy (non-hydrogen) atoms. The molecule has 1 saturated heterocycles. The van der Waals surface area contributed by atoms with E-state index in [1.54, 1.807) is 10.6 Å². The number of benzene rings is 1. The quantitative estimate of drug-likeness (QED) is 0.576. The number of halogens is 4. The lowest BCUT2D eigenvalue weighted by molar-refractivity contribution is -0.414. The molecule has 1 fully saturated rings. The van der Waals surface area contributed by atoms with Gasteiger partial charge in [0, 0.05) is 23.0 Å². The lowest BCUT2D eigenvalue weighted by Crippen LogP contribution is -2.35. The number of nitrogens with zero attached hydrogens (tertiary/aromatic N) is 5. The van der Waals surface area contributed by atoms with E-state index in [-0.39, 0.29) is 23.9 Å². The van der Waals surface area contributed by atoms with Gasteiger partial charge in [-0.25, -0.2) is 15.0 Å². The second-order valence-corrected chi connectivity index (χ2v) is 8.17. The average Bonchev–Trinajstić information content (AvgIpc) is 3.38. The maximum Gasteiger partial charge on any atom is 0.433 e. The van der Waals surface area contributed by atoms with Gasteiger partial charge in [0.1, 0.15) is 31.1 Å². The molecule has 11 heteroatoms. The fourth-order valence-electron chi connectivity index (χ4n) is 4.16. The standard InChI is InChI=1S/C21H19ClF3N6O/c1-30-11-28-19-18(30)20(27-10-26-19)31-6-2-3-13(31)9-32-16-8-17(21(23,24)25)29-15-5-4-12(22)7-14(15)16/h4-5,7-8,10,13H,1-3,6,9,11H2,(H,26,27,28)/q+1. The number of anilines is 2. The van der Waals surface area contributed by atoms with Gasteiger partial charge in [-0.2, -0.15) is 17.7 Å². The third-order valence-corrected chi connectivity index (χ3v) is 5.90. The zero-order valence-corrected chi connectivity index (χ0v) is 17.6. The molecule has 0 bridgehead atoms. The van der Waals surface area contributed by atoms with Crippen LogP contribution in [0.5, 0.6) is 5.75 Å². The second-order valence-electron chi connectivity index (χ2n) is 7.73. The van der Waals surface area contributed by atoms with Crippen molar-refractivity contribution in [3.8, 4) is 5.75 Å². The van der Waals surface area contributed by atoms with E-state index in [1.807, 2.05) is 0 Å². The van der Waals surface area contributed by atoms with Gasteiger partial charge < -0.3 is 15.0 Å². The van der Waals surface area contributed by atoms with E-state index in [4.69, 9.17) is 16.3 Å². The highest BCUT2D eigenvalue weighted by Gasteiger charge is 2.37. The predicted octanol–water partition coefficient (Wildman–Crippen LogP) is 4.47. The Kier molecular flexibility index (Phi) is 5.04. The number of fused-ring (bicyclic) bond motifs is 2. The minimum Gasteiger partial charge on any atom is -0.491 e. The molecule has 5 rings (SSSR count). The van der Waals surface area contributed by atoms with Crippen molar-refractivity contribution >= 4 is 46.5 Å². The molecule has 4 heterocycles. The van der Waals surface area contributed by atoms with Crippen molar-refractivity contribution in [1.82, 2.24) is 15.0 Å². The molecule has 1 atom stereocenters. The van der Waals surface area contributed by atoms with Gasteiger partial charge >= 0.3 is 6.18 Å². The van der Waals surface area contributed by atoms with Gasteiger partial charge in [0.2, 0.25) is 18.3 Å². The van der Waals surface area contributed by atoms with Gasteiger partial charge in [-0.05, 0) is 31.0 Å². The van der Waals surface area contributed by atoms with E-state index in [9.17, 15) is 13.2 Å². The molecule has 1 aromatic carbocycles. The first-order valence-electron chi connectivity index (χ1n) is 10.0. The van der Waals surface area contributed by atoms with Crippen LogP contribution >= 0.6 is 11.6 Å². The normalized spacial score (nSPS) is 18.2. The van der Waals surface area contributed by atoms with E-state index in [0.717, 1.165) is 37.0 Å². The summed E-state index contributed by atoms with van der Waals surface area (Å²) < 4.78 is 47.9. The smallest absolute Gasteiger partial charge is 0.433 e. The van der Waals surface area contributed by atoms with Crippen LogP contribution in [0, 0.1) is 0 Å². The molecule has 7 nitrogen and oxygen atoms in total. The Morgan fingerprint density at radius 3 is 2.94 bits per heavy atom. The van der Waals surface area contributed by atoms with Gasteiger partial charge in [0.05, 0.1) is 11.6 Å². The first kappa shape index (κ1) is 20.7. The van der Waals surface area contributed by atoms with Gasteiger partial charge in [-0.1, -0.05) is 11.6 Å². The predicted molar refractivity (Wildman–Crippen MR) is 115 cm³/mol. The minimum absolute atomic E-state index is 0.0697. The molecule has 2 aromatic heterocycles. The van der Waals surface area contributed by atoms with E-state index in [2.05, 4.69) is 31.9 Å². The van der Waals surface area contributed by atoms with E-state index in [0.29, 0.717) is 22.9 Å². The molecule has 2 aliphatic rings. The zero-order chi connectivity index (χ0) is 22.5. The third-order valence-electron chi connectivity index (χ3n) is 5.66. The number of hydrogen-bond acceptors (Lipinski definition) is 6. The third kappa shape index (κ3) is 3.68. The number of alkyl halides is 3. The molecule has 1 N–H and O–H groups in total. The second kappa shape index (κ2) is 7.77. The van der Waals surface area contributed by atoms with Crippen LogP contribution in [0.2, 0.25) is 5.02 Å². The first-order chi connectivity index (χ1) is 15.3. The van der Waals surface area contributed by atoms with E-state index >= 15 is 0 Å². The van der Waals surface area contributed by atoms with Gasteiger partial charge in [0.15, 0.2) is 0 Å². The average molecular weight is 464 g/mol. The molecular formula is C21H19ClF3N6O+. The lowest BCUT2D eigenvalue weighted by Gasteiger charge is -2.25. The maximum atomic E-state index is 13.4. The van der Waals surface area contributed by atoms with Crippen LogP contribution < -0.4 is 15.0 Å². The highest BCUT2D eigenvalue weighted by atomic mass is 35.5. The number of rotatable bonds is 4. The van der Waals surface area contributed by atoms with Crippen LogP contribution in [0.15, 0.2) is 30.6 Å². The van der Waals surface area contributed by atoms with Crippen LogP contribution in [0.1, 0.15) is 18.5 Å². The molecule has 0 spiro atoms. The van der Waals surface area contributed by atoms with Crippen molar-refractivity contribution in [2.75, 3.05) is 30.0 Å². The van der Waals surface area contributed by atoms with Crippen molar-refractivity contribution in [3.05, 3.63) is 41.3 Å². The topological polar surface area (TPSA) is 66.2 Å². The molecule has 2 aliphatic heterocycles. The molecular weight excluding hydrogens is 445 g/mol. The Hall–Kier alpha value is -3.14. The van der Waals surface area contributed by atoms with Crippen LogP contribution in [0.3, 0.4) is 0 Å². The fourth-order valence-corrected chi connectivity index (χ4v) is 4.33. The van der Waals surface area contributed by atoms with Crippen molar-refractivity contribution in [2.45, 2.75) is 25.1 Å². The number of ether oxygens (including phenoxy) is 1. The summed E-state index contributed by atoms with van der Waals surface area (Å²) in [6.45, 7) is 5.48. The summed E-state index contributed by atoms with van der Waals surface area (Å²) in [4.78, 5) is 14.5. The molecule has 0 radical (unpaired) electrons. The highest BCUT2D eigenvalue weighted by Crippen LogP contribution is 2.39. The van der Waals surface area contributed by atoms with Crippen LogP contribution in [0.4, 0.5) is 30.5 Å². The monoisotopic (exact) mass is 463 g/mol. The summed E-state index contributed by atoms with van der Waals surface area (Å²) in [6.07, 6.45) is -1.37. The zero-order valence-electron chi connectivity index (χ0n) is 16.9. The number of hydrogen-bond donors (Lipinski definition) is 1. The van der Waals surface area contributed by atoms with Gasteiger partial charge in [-0.15, -0.1) is 0 Å². The van der Waals surface area contributed by atoms with Crippen molar-refractivity contribution < 1.29 is 22.5 Å². The Balaban J connectivity index is 1.45. The molecule has 0 amide bonds. The number of nitrogens with one attached hydrogen (secondary N) is 1. The lowest BCUT2D eigenvalue weighted by atomic mass is 10.1. The van der Waals surface area contributed by atoms with Gasteiger partial charge in [0.25, 0.3) is 5.69 Å². The summed E-state index contributed by atoms with van der Waals surface area (Å²) in [5, 5.41) is 3.99. The number of pyridine rings is 1. The summed E-state index contributed by atoms with van der Waals surface area (Å²) in [5.41, 5.74) is -0.0206. The molecule has 3 aromatic rings. The van der Waals surface area contributed by atoms with Crippen LogP contribution in [-0.4, -0.2) is 52.1 Å². The van der Waals surface area contributed by atoms with Crippen molar-refractivity contribution in [3.63, 3.8) is 0 Å². The maximum absolute atomic E-state index is 13.4. The van der Waals surface area contributed by atoms with Gasteiger partial charge in [-0.3, -0.25) is 0 Å². The number of aromatic nitrogens is 3. The van der Waals surface area contributed by atoms with Crippen LogP contribution in [0.25, 0.3) is 10.9 Å². The van der Waals surface area contributed by atoms with Crippen molar-refractivity contribution in [2.24, 2.45) is 0 Å². The summed E-state index contributed by atoms with van der Waals surface area (Å²) in [5.74, 6) is 1.55. The van der Waals surface area contributed by atoms with E-state index in [1.165, 1.54) is 18.5 Å². The van der Waals surface area contributed by atoms with E-state index < -0.39 is 11.9 Å². The highest BCUT2D eigenvalue weighted by molar-refractivity contribution is 6.31. The molecule has 1 unspecified atom stereocenters. The Morgan fingerprint density at radius 2 is 2.12 bits per heavy atom. The Labute approximate surface area is 186 Å². The SMILES string of the molecule is C=[N+]1CNc2ncnc(N3CCCC3COc3cc(C(F)(F)F)nc4ccc(Cl)cc34)c21. The molecule has 0 saturated carbocycles. The Bertz CT molecular complexity index is 1220. The summed E-state index contributed by atoms with van der Waals surface area (Å²) in [7, 11) is 0. The molecule has 0 aliphatic carbocycles. The minimum atomic E-state index is -4.59. The summed E-state index contributed by atoms with van der Waals surface area (Å²) in [6, 6.07) is 5.40. The van der Waals surface area contributed by atoms with Crippen LogP contribution in [-0.2, 0) is 6.18 Å². The molecule has 166 valence electrons. The Morgan fingerprint density at radius 1 is 1.28 bits per heavy atom. The summed E-state index contributed by atoms with van der Waals surface area (Å²) >= 11 is 6.07. The largest absolute Gasteiger partial charge is 0.491 e.